The molecule has 0 spiro atoms. The van der Waals surface area contributed by atoms with Gasteiger partial charge in [-0.15, -0.1) is 0 Å². The van der Waals surface area contributed by atoms with E-state index >= 15 is 0 Å². The van der Waals surface area contributed by atoms with Crippen molar-refractivity contribution < 1.29 is 4.74 Å². The summed E-state index contributed by atoms with van der Waals surface area (Å²) in [5.74, 6) is 0. The van der Waals surface area contributed by atoms with Crippen LogP contribution in [0.5, 0.6) is 0 Å². The minimum Gasteiger partial charge on any atom is -0.376 e. The van der Waals surface area contributed by atoms with E-state index in [1.54, 1.807) is 0 Å². The maximum Gasteiger partial charge on any atom is 0.0823 e. The van der Waals surface area contributed by atoms with Gasteiger partial charge in [0.05, 0.1) is 12.2 Å². The van der Waals surface area contributed by atoms with E-state index in [9.17, 15) is 0 Å². The Morgan fingerprint density at radius 2 is 2.27 bits per heavy atom. The van der Waals surface area contributed by atoms with E-state index in [2.05, 4.69) is 11.4 Å². The summed E-state index contributed by atoms with van der Waals surface area (Å²) in [5, 5.41) is 11.4. The van der Waals surface area contributed by atoms with Crippen LogP contribution in [-0.2, 0) is 4.74 Å². The number of nitrogens with one attached hydrogen (secondary N) is 1. The third-order valence-electron chi connectivity index (χ3n) is 1.78. The molecule has 0 atom stereocenters. The average molecular weight is 154 g/mol. The fourth-order valence-electron chi connectivity index (χ4n) is 0.936. The zero-order valence-electron chi connectivity index (χ0n) is 6.68. The first-order valence-corrected chi connectivity index (χ1v) is 4.13. The molecular formula is C8H14N2O. The number of hydrogen-bond acceptors (Lipinski definition) is 3. The molecule has 0 unspecified atom stereocenters. The molecule has 3 nitrogen and oxygen atoms in total. The zero-order valence-corrected chi connectivity index (χ0v) is 6.68. The van der Waals surface area contributed by atoms with Crippen LogP contribution in [0.3, 0.4) is 0 Å². The summed E-state index contributed by atoms with van der Waals surface area (Å²) >= 11 is 0. The topological polar surface area (TPSA) is 45.0 Å². The van der Waals surface area contributed by atoms with Crippen LogP contribution in [0.1, 0.15) is 19.3 Å². The Morgan fingerprint density at radius 3 is 2.82 bits per heavy atom. The Balaban J connectivity index is 1.77. The van der Waals surface area contributed by atoms with Crippen LogP contribution < -0.4 is 5.32 Å². The van der Waals surface area contributed by atoms with Crippen LogP contribution in [0, 0.1) is 11.3 Å². The second kappa shape index (κ2) is 5.11. The number of nitriles is 1. The number of nitrogens with zero attached hydrogens (tertiary/aromatic N) is 1. The number of hydrogen-bond donors (Lipinski definition) is 1. The predicted molar refractivity (Wildman–Crippen MR) is 42.1 cm³/mol. The molecule has 0 aromatic carbocycles. The Morgan fingerprint density at radius 1 is 1.45 bits per heavy atom. The van der Waals surface area contributed by atoms with Gasteiger partial charge in [0.1, 0.15) is 0 Å². The van der Waals surface area contributed by atoms with Gasteiger partial charge in [-0.25, -0.2) is 0 Å². The highest BCUT2D eigenvalue weighted by molar-refractivity contribution is 4.74. The zero-order chi connectivity index (χ0) is 7.94. The molecule has 1 aliphatic heterocycles. The van der Waals surface area contributed by atoms with Crippen LogP contribution >= 0.6 is 0 Å². The summed E-state index contributed by atoms with van der Waals surface area (Å²) < 4.78 is 5.45. The van der Waals surface area contributed by atoms with E-state index in [0.29, 0.717) is 12.5 Å². The Bertz CT molecular complexity index is 138. The molecule has 62 valence electrons. The normalized spacial score (nSPS) is 17.4. The first-order chi connectivity index (χ1) is 5.43. The van der Waals surface area contributed by atoms with Gasteiger partial charge in [0.25, 0.3) is 0 Å². The minimum atomic E-state index is 0.442. The third kappa shape index (κ3) is 3.35. The molecule has 1 heterocycles. The van der Waals surface area contributed by atoms with Gasteiger partial charge in [-0.1, -0.05) is 0 Å². The second-order valence-electron chi connectivity index (χ2n) is 2.77. The van der Waals surface area contributed by atoms with E-state index in [0.717, 1.165) is 32.5 Å². The molecule has 0 aromatic rings. The first kappa shape index (κ1) is 8.51. The van der Waals surface area contributed by atoms with Crippen molar-refractivity contribution in [2.45, 2.75) is 25.4 Å². The number of ether oxygens (including phenoxy) is 1. The quantitative estimate of drug-likeness (QED) is 0.592. The summed E-state index contributed by atoms with van der Waals surface area (Å²) in [6.07, 6.45) is 3.09. The molecule has 1 N–H and O–H groups in total. The summed E-state index contributed by atoms with van der Waals surface area (Å²) in [5.41, 5.74) is 0. The van der Waals surface area contributed by atoms with E-state index in [-0.39, 0.29) is 0 Å². The summed E-state index contributed by atoms with van der Waals surface area (Å²) in [6, 6.07) is 2.12. The van der Waals surface area contributed by atoms with Crippen LogP contribution in [0.4, 0.5) is 0 Å². The highest BCUT2D eigenvalue weighted by Crippen LogP contribution is 2.01. The molecule has 0 saturated carbocycles. The molecule has 1 fully saturated rings. The van der Waals surface area contributed by atoms with Crippen molar-refractivity contribution >= 4 is 0 Å². The van der Waals surface area contributed by atoms with Crippen molar-refractivity contribution in [1.29, 1.82) is 5.26 Å². The highest BCUT2D eigenvalue weighted by atomic mass is 16.5. The fraction of sp³-hybridized carbons (Fsp3) is 0.875. The maximum absolute atomic E-state index is 8.23. The van der Waals surface area contributed by atoms with E-state index in [1.807, 2.05) is 0 Å². The molecular weight excluding hydrogens is 140 g/mol. The van der Waals surface area contributed by atoms with Gasteiger partial charge in [0, 0.05) is 26.1 Å². The molecule has 0 amide bonds. The molecule has 0 bridgehead atoms. The molecule has 1 aliphatic rings. The average Bonchev–Trinajstić information content (AvgIpc) is 1.93. The summed E-state index contributed by atoms with van der Waals surface area (Å²) in [4.78, 5) is 0. The van der Waals surface area contributed by atoms with Crippen molar-refractivity contribution in [3.8, 4) is 6.07 Å². The van der Waals surface area contributed by atoms with Crippen LogP contribution in [0.2, 0.25) is 0 Å². The lowest BCUT2D eigenvalue weighted by molar-refractivity contribution is 0.0173. The Labute approximate surface area is 67.3 Å². The second-order valence-corrected chi connectivity index (χ2v) is 2.77. The molecule has 1 rings (SSSR count). The number of rotatable bonds is 5. The third-order valence-corrected chi connectivity index (χ3v) is 1.78. The van der Waals surface area contributed by atoms with Gasteiger partial charge in [0.15, 0.2) is 0 Å². The first-order valence-electron chi connectivity index (χ1n) is 4.13. The van der Waals surface area contributed by atoms with Crippen LogP contribution in [0.25, 0.3) is 0 Å². The van der Waals surface area contributed by atoms with Gasteiger partial charge in [-0.3, -0.25) is 0 Å². The summed E-state index contributed by atoms with van der Waals surface area (Å²) in [7, 11) is 0. The SMILES string of the molecule is N#CCCCCOC1CNC1. The van der Waals surface area contributed by atoms with Crippen LogP contribution in [0.15, 0.2) is 0 Å². The van der Waals surface area contributed by atoms with Gasteiger partial charge in [0.2, 0.25) is 0 Å². The lowest BCUT2D eigenvalue weighted by atomic mass is 10.2. The van der Waals surface area contributed by atoms with Crippen molar-refractivity contribution in [1.82, 2.24) is 5.32 Å². The van der Waals surface area contributed by atoms with Crippen molar-refractivity contribution in [3.05, 3.63) is 0 Å². The monoisotopic (exact) mass is 154 g/mol. The van der Waals surface area contributed by atoms with E-state index < -0.39 is 0 Å². The van der Waals surface area contributed by atoms with Gasteiger partial charge in [-0.05, 0) is 12.8 Å². The maximum atomic E-state index is 8.23. The standard InChI is InChI=1S/C8H14N2O/c9-4-2-1-3-5-11-8-6-10-7-8/h8,10H,1-3,5-7H2. The molecule has 1 saturated heterocycles. The minimum absolute atomic E-state index is 0.442. The molecule has 0 aromatic heterocycles. The van der Waals surface area contributed by atoms with Crippen molar-refractivity contribution in [3.63, 3.8) is 0 Å². The van der Waals surface area contributed by atoms with Crippen LogP contribution in [-0.4, -0.2) is 25.8 Å². The fourth-order valence-corrected chi connectivity index (χ4v) is 0.936. The van der Waals surface area contributed by atoms with Gasteiger partial charge >= 0.3 is 0 Å². The molecule has 11 heavy (non-hydrogen) atoms. The Hall–Kier alpha value is -0.590. The summed E-state index contributed by atoms with van der Waals surface area (Å²) in [6.45, 7) is 2.81. The predicted octanol–water partition coefficient (Wildman–Crippen LogP) is 0.669. The number of unbranched alkanes of at least 4 members (excludes halogenated alkanes) is 2. The molecule has 3 heteroatoms. The van der Waals surface area contributed by atoms with Crippen molar-refractivity contribution in [2.24, 2.45) is 0 Å². The lowest BCUT2D eigenvalue weighted by Gasteiger charge is -2.26. The van der Waals surface area contributed by atoms with Crippen molar-refractivity contribution in [2.75, 3.05) is 19.7 Å². The Kier molecular flexibility index (Phi) is 3.95. The lowest BCUT2D eigenvalue weighted by Crippen LogP contribution is -2.48. The molecule has 0 aliphatic carbocycles. The largest absolute Gasteiger partial charge is 0.376 e. The van der Waals surface area contributed by atoms with E-state index in [4.69, 9.17) is 10.00 Å². The highest BCUT2D eigenvalue weighted by Gasteiger charge is 2.15. The van der Waals surface area contributed by atoms with Gasteiger partial charge in [-0.2, -0.15) is 5.26 Å². The van der Waals surface area contributed by atoms with E-state index in [1.165, 1.54) is 0 Å². The molecule has 0 radical (unpaired) electrons. The van der Waals surface area contributed by atoms with Gasteiger partial charge < -0.3 is 10.1 Å². The smallest absolute Gasteiger partial charge is 0.0823 e.